The van der Waals surface area contributed by atoms with Crippen LogP contribution in [-0.2, 0) is 15.0 Å². The highest BCUT2D eigenvalue weighted by Gasteiger charge is 2.89. The Morgan fingerprint density at radius 1 is 0.935 bits per heavy atom. The number of benzene rings is 3. The molecule has 3 aromatic carbocycles. The second kappa shape index (κ2) is 6.14. The molecule has 0 saturated heterocycles. The average molecular weight is 472 g/mol. The van der Waals surface area contributed by atoms with Crippen molar-refractivity contribution in [2.24, 2.45) is 10.5 Å². The molecule has 152 valence electrons. The van der Waals surface area contributed by atoms with E-state index in [1.54, 1.807) is 0 Å². The van der Waals surface area contributed by atoms with E-state index in [9.17, 15) is 9.59 Å². The van der Waals surface area contributed by atoms with Crippen molar-refractivity contribution in [2.45, 2.75) is 18.3 Å². The number of rotatable bonds is 2. The minimum absolute atomic E-state index is 0.146. The van der Waals surface area contributed by atoms with Crippen LogP contribution in [0.25, 0.3) is 0 Å². The van der Waals surface area contributed by atoms with E-state index in [-0.39, 0.29) is 17.7 Å². The third-order valence-electron chi connectivity index (χ3n) is 6.90. The van der Waals surface area contributed by atoms with Gasteiger partial charge in [-0.15, -0.1) is 0 Å². The molecule has 6 heteroatoms. The lowest BCUT2D eigenvalue weighted by molar-refractivity contribution is -0.125. The number of carbonyl (C=O) groups excluding carboxylic acids is 2. The van der Waals surface area contributed by atoms with Crippen LogP contribution in [0.5, 0.6) is 0 Å². The number of hydrogen-bond donors (Lipinski definition) is 1. The second-order valence-corrected chi connectivity index (χ2v) is 9.16. The van der Waals surface area contributed by atoms with Crippen LogP contribution in [0.15, 0.2) is 88.4 Å². The maximum Gasteiger partial charge on any atom is 0.261 e. The fourth-order valence-electron chi connectivity index (χ4n) is 5.73. The highest BCUT2D eigenvalue weighted by Crippen LogP contribution is 2.79. The van der Waals surface area contributed by atoms with Crippen molar-refractivity contribution in [3.8, 4) is 0 Å². The molecule has 3 aromatic rings. The van der Waals surface area contributed by atoms with Crippen LogP contribution in [-0.4, -0.2) is 17.5 Å². The van der Waals surface area contributed by atoms with E-state index in [1.807, 2.05) is 85.8 Å². The molecule has 1 aliphatic carbocycles. The summed E-state index contributed by atoms with van der Waals surface area (Å²) in [7, 11) is 0. The number of nitrogens with one attached hydrogen (secondary N) is 1. The second-order valence-electron chi connectivity index (χ2n) is 8.24. The molecular formula is C25H18BrN3O2. The zero-order chi connectivity index (χ0) is 21.4. The summed E-state index contributed by atoms with van der Waals surface area (Å²) in [5.74, 6) is -0.628. The van der Waals surface area contributed by atoms with Crippen LogP contribution in [0, 0.1) is 5.41 Å². The van der Waals surface area contributed by atoms with Crippen LogP contribution in [0.2, 0.25) is 0 Å². The van der Waals surface area contributed by atoms with Crippen LogP contribution in [0.3, 0.4) is 0 Å². The quantitative estimate of drug-likeness (QED) is 0.580. The van der Waals surface area contributed by atoms with Gasteiger partial charge in [0.25, 0.3) is 5.91 Å². The van der Waals surface area contributed by atoms with Gasteiger partial charge in [0.1, 0.15) is 10.8 Å². The van der Waals surface area contributed by atoms with Gasteiger partial charge in [0.05, 0.1) is 11.4 Å². The maximum atomic E-state index is 14.1. The molecule has 2 amide bonds. The fourth-order valence-corrected chi connectivity index (χ4v) is 6.09. The van der Waals surface area contributed by atoms with Gasteiger partial charge in [-0.3, -0.25) is 9.59 Å². The van der Waals surface area contributed by atoms with E-state index >= 15 is 0 Å². The molecule has 2 aliphatic heterocycles. The fraction of sp³-hybridized carbons (Fsp3) is 0.160. The first-order chi connectivity index (χ1) is 15.0. The number of carbonyl (C=O) groups is 2. The van der Waals surface area contributed by atoms with Gasteiger partial charge in [0, 0.05) is 16.1 Å². The average Bonchev–Trinajstić information content (AvgIpc) is 3.23. The monoisotopic (exact) mass is 471 g/mol. The summed E-state index contributed by atoms with van der Waals surface area (Å²) in [6.07, 6.45) is 0. The minimum Gasteiger partial charge on any atom is -0.325 e. The lowest BCUT2D eigenvalue weighted by Crippen LogP contribution is -2.37. The Kier molecular flexibility index (Phi) is 3.67. The summed E-state index contributed by atoms with van der Waals surface area (Å²) < 4.78 is 0.878. The summed E-state index contributed by atoms with van der Waals surface area (Å²) in [5, 5.41) is 9.19. The molecule has 1 fully saturated rings. The van der Waals surface area contributed by atoms with Gasteiger partial charge in [0.2, 0.25) is 5.91 Å². The lowest BCUT2D eigenvalue weighted by atomic mass is 9.84. The largest absolute Gasteiger partial charge is 0.325 e. The SMILES string of the molecule is CC1=NN(c2ccccc2)C(=O)[C@@]12C(c1ccccc1)[C@@]21C(=O)Nc2cc(Br)ccc21. The van der Waals surface area contributed by atoms with Crippen molar-refractivity contribution in [3.05, 3.63) is 94.5 Å². The number of para-hydroxylation sites is 1. The van der Waals surface area contributed by atoms with Gasteiger partial charge < -0.3 is 5.32 Å². The van der Waals surface area contributed by atoms with Gasteiger partial charge in [0.15, 0.2) is 0 Å². The Morgan fingerprint density at radius 2 is 1.61 bits per heavy atom. The highest BCUT2D eigenvalue weighted by atomic mass is 79.9. The molecule has 3 atom stereocenters. The molecule has 3 aliphatic rings. The molecule has 5 nitrogen and oxygen atoms in total. The summed E-state index contributed by atoms with van der Waals surface area (Å²) in [6, 6.07) is 25.0. The van der Waals surface area contributed by atoms with Crippen molar-refractivity contribution in [3.63, 3.8) is 0 Å². The number of amides is 2. The van der Waals surface area contributed by atoms with E-state index in [0.29, 0.717) is 11.4 Å². The Labute approximate surface area is 187 Å². The zero-order valence-electron chi connectivity index (χ0n) is 16.7. The smallest absolute Gasteiger partial charge is 0.261 e. The number of hydrazone groups is 1. The van der Waals surface area contributed by atoms with E-state index < -0.39 is 10.8 Å². The van der Waals surface area contributed by atoms with Crippen molar-refractivity contribution < 1.29 is 9.59 Å². The molecule has 0 aromatic heterocycles. The normalized spacial score (nSPS) is 28.1. The topological polar surface area (TPSA) is 61.8 Å². The molecule has 2 heterocycles. The maximum absolute atomic E-state index is 14.1. The lowest BCUT2D eigenvalue weighted by Gasteiger charge is -2.17. The van der Waals surface area contributed by atoms with Crippen LogP contribution in [0.4, 0.5) is 11.4 Å². The zero-order valence-corrected chi connectivity index (χ0v) is 18.3. The standard InChI is InChI=1S/C25H18BrN3O2/c1-15-24(23(31)29(28-15)18-10-6-3-7-11-18)21(16-8-4-2-5-9-16)25(24)19-13-12-17(26)14-20(19)27-22(25)30/h2-14,21H,1H3,(H,27,30)/t21?,24-,25-/m0/s1. The van der Waals surface area contributed by atoms with Crippen LogP contribution in [0.1, 0.15) is 24.0 Å². The van der Waals surface area contributed by atoms with Crippen molar-refractivity contribution in [1.29, 1.82) is 0 Å². The molecule has 31 heavy (non-hydrogen) atoms. The Morgan fingerprint density at radius 3 is 2.32 bits per heavy atom. The van der Waals surface area contributed by atoms with E-state index in [1.165, 1.54) is 5.01 Å². The number of fused-ring (bicyclic) bond motifs is 3. The van der Waals surface area contributed by atoms with E-state index in [2.05, 4.69) is 26.3 Å². The van der Waals surface area contributed by atoms with Crippen molar-refractivity contribution in [1.82, 2.24) is 0 Å². The number of halogens is 1. The predicted molar refractivity (Wildman–Crippen MR) is 123 cm³/mol. The minimum atomic E-state index is -1.05. The Hall–Kier alpha value is -3.25. The molecule has 2 spiro atoms. The summed E-state index contributed by atoms with van der Waals surface area (Å²) in [6.45, 7) is 1.87. The van der Waals surface area contributed by atoms with Gasteiger partial charge in [-0.2, -0.15) is 10.1 Å². The summed E-state index contributed by atoms with van der Waals surface area (Å²) in [5.41, 5.74) is 1.87. The molecule has 1 N–H and O–H groups in total. The Balaban J connectivity index is 1.60. The number of nitrogens with zero attached hydrogens (tertiary/aromatic N) is 2. The Bertz CT molecular complexity index is 1290. The summed E-state index contributed by atoms with van der Waals surface area (Å²) >= 11 is 3.49. The number of hydrogen-bond acceptors (Lipinski definition) is 3. The van der Waals surface area contributed by atoms with Gasteiger partial charge in [-0.25, -0.2) is 0 Å². The first-order valence-electron chi connectivity index (χ1n) is 10.1. The van der Waals surface area contributed by atoms with Gasteiger partial charge >= 0.3 is 0 Å². The molecule has 1 saturated carbocycles. The van der Waals surface area contributed by atoms with E-state index in [0.717, 1.165) is 21.3 Å². The molecule has 0 bridgehead atoms. The first-order valence-corrected chi connectivity index (χ1v) is 10.9. The molecule has 6 rings (SSSR count). The van der Waals surface area contributed by atoms with Crippen LogP contribution >= 0.6 is 15.9 Å². The van der Waals surface area contributed by atoms with Crippen molar-refractivity contribution >= 4 is 44.8 Å². The molecule has 1 unspecified atom stereocenters. The third kappa shape index (κ3) is 2.08. The first kappa shape index (κ1) is 18.5. The highest BCUT2D eigenvalue weighted by molar-refractivity contribution is 9.10. The predicted octanol–water partition coefficient (Wildman–Crippen LogP) is 4.85. The van der Waals surface area contributed by atoms with Crippen molar-refractivity contribution in [2.75, 3.05) is 10.3 Å². The van der Waals surface area contributed by atoms with Gasteiger partial charge in [-0.1, -0.05) is 70.5 Å². The molecule has 0 radical (unpaired) electrons. The third-order valence-corrected chi connectivity index (χ3v) is 7.39. The number of anilines is 2. The summed E-state index contributed by atoms with van der Waals surface area (Å²) in [4.78, 5) is 27.7. The van der Waals surface area contributed by atoms with Crippen LogP contribution < -0.4 is 10.3 Å². The van der Waals surface area contributed by atoms with Gasteiger partial charge in [-0.05, 0) is 42.3 Å². The van der Waals surface area contributed by atoms with E-state index in [4.69, 9.17) is 0 Å². The molecular weight excluding hydrogens is 454 g/mol.